The van der Waals surface area contributed by atoms with Gasteiger partial charge in [0.15, 0.2) is 0 Å². The molecule has 0 bridgehead atoms. The highest BCUT2D eigenvalue weighted by atomic mass is 16.6. The number of esters is 5. The van der Waals surface area contributed by atoms with Crippen molar-refractivity contribution < 1.29 is 52.4 Å². The number of rotatable bonds is 10. The molecule has 0 amide bonds. The van der Waals surface area contributed by atoms with Gasteiger partial charge in [0.25, 0.3) is 0 Å². The van der Waals surface area contributed by atoms with Gasteiger partial charge in [-0.1, -0.05) is 27.7 Å². The average Bonchev–Trinajstić information content (AvgIpc) is 3.33. The number of carbonyl (C=O) groups is 5. The number of ether oxygens (including phenoxy) is 6. The van der Waals surface area contributed by atoms with Gasteiger partial charge in [-0.15, -0.1) is 0 Å². The maximum atomic E-state index is 13.1. The van der Waals surface area contributed by atoms with Gasteiger partial charge in [-0.3, -0.25) is 19.2 Å². The average molecular weight is 593 g/mol. The molecule has 3 fully saturated rings. The van der Waals surface area contributed by atoms with Crippen molar-refractivity contribution >= 4 is 29.8 Å². The maximum Gasteiger partial charge on any atom is 0.331 e. The van der Waals surface area contributed by atoms with Crippen LogP contribution in [-0.2, 0) is 52.4 Å². The van der Waals surface area contributed by atoms with Crippen molar-refractivity contribution in [2.24, 2.45) is 28.6 Å². The Kier molecular flexibility index (Phi) is 9.11. The van der Waals surface area contributed by atoms with Crippen molar-refractivity contribution in [2.45, 2.75) is 104 Å². The number of hydrogen-bond acceptors (Lipinski definition) is 11. The Labute approximate surface area is 246 Å². The zero-order valence-electron chi connectivity index (χ0n) is 25.7. The Hall–Kier alpha value is -2.95. The normalized spacial score (nSPS) is 36.5. The lowest BCUT2D eigenvalue weighted by Crippen LogP contribution is -2.81. The molecule has 2 saturated carbocycles. The predicted molar refractivity (Wildman–Crippen MR) is 146 cm³/mol. The van der Waals surface area contributed by atoms with Crippen LogP contribution in [-0.4, -0.2) is 73.6 Å². The Morgan fingerprint density at radius 3 is 2.31 bits per heavy atom. The summed E-state index contributed by atoms with van der Waals surface area (Å²) in [5.74, 6) is -3.09. The van der Waals surface area contributed by atoms with Crippen molar-refractivity contribution in [2.75, 3.05) is 19.8 Å². The van der Waals surface area contributed by atoms with Crippen LogP contribution in [0.25, 0.3) is 0 Å². The molecule has 4 rings (SSSR count). The Morgan fingerprint density at radius 1 is 1.10 bits per heavy atom. The van der Waals surface area contributed by atoms with E-state index in [1.54, 1.807) is 6.92 Å². The molecule has 234 valence electrons. The van der Waals surface area contributed by atoms with E-state index >= 15 is 0 Å². The second-order valence-electron chi connectivity index (χ2n) is 12.8. The van der Waals surface area contributed by atoms with Gasteiger partial charge >= 0.3 is 29.8 Å². The topological polar surface area (TPSA) is 141 Å². The van der Waals surface area contributed by atoms with E-state index in [1.807, 2.05) is 13.8 Å². The van der Waals surface area contributed by atoms with E-state index in [0.717, 1.165) is 0 Å². The maximum absolute atomic E-state index is 13.1. The van der Waals surface area contributed by atoms with Crippen molar-refractivity contribution in [3.63, 3.8) is 0 Å². The summed E-state index contributed by atoms with van der Waals surface area (Å²) >= 11 is 0. The molecule has 1 saturated heterocycles. The molecule has 2 aliphatic heterocycles. The molecule has 0 N–H and O–H groups in total. The lowest BCUT2D eigenvalue weighted by molar-refractivity contribution is -0.391. The van der Waals surface area contributed by atoms with E-state index < -0.39 is 64.5 Å². The molecule has 11 heteroatoms. The second kappa shape index (κ2) is 12.0. The molecular formula is C31H44O11. The largest absolute Gasteiger partial charge is 0.463 e. The van der Waals surface area contributed by atoms with Crippen LogP contribution in [0.3, 0.4) is 0 Å². The highest BCUT2D eigenvalue weighted by molar-refractivity contribution is 5.85. The SMILES string of the molecule is CCC(C)C(=O)OC(C[C@]1(C)[C@@H](C)CC(OC(C)=O)[C@]23CO[C@]2(COC(C)=O)CCC(OC(C)=O)[C@@H]13)C1=CC(=O)OC1. The Bertz CT molecular complexity index is 1150. The number of cyclic esters (lactones) is 1. The van der Waals surface area contributed by atoms with Crippen LogP contribution >= 0.6 is 0 Å². The summed E-state index contributed by atoms with van der Waals surface area (Å²) in [4.78, 5) is 61.9. The number of hydrogen-bond donors (Lipinski definition) is 0. The highest BCUT2D eigenvalue weighted by Gasteiger charge is 2.78. The molecule has 11 nitrogen and oxygen atoms in total. The fourth-order valence-corrected chi connectivity index (χ4v) is 7.84. The molecular weight excluding hydrogens is 548 g/mol. The molecule has 0 aromatic carbocycles. The summed E-state index contributed by atoms with van der Waals surface area (Å²) in [6.45, 7) is 12.1. The Balaban J connectivity index is 1.84. The quantitative estimate of drug-likeness (QED) is 0.272. The molecule has 1 spiro atoms. The van der Waals surface area contributed by atoms with Gasteiger partial charge in [0.2, 0.25) is 0 Å². The molecule has 0 radical (unpaired) electrons. The van der Waals surface area contributed by atoms with Gasteiger partial charge in [0, 0.05) is 38.3 Å². The summed E-state index contributed by atoms with van der Waals surface area (Å²) < 4.78 is 35.1. The monoisotopic (exact) mass is 592 g/mol. The van der Waals surface area contributed by atoms with Crippen LogP contribution in [0, 0.1) is 28.6 Å². The molecule has 4 aliphatic rings. The lowest BCUT2D eigenvalue weighted by Gasteiger charge is -2.73. The standard InChI is InChI=1S/C31H44O11/c1-8-17(2)28(36)42-24(22-12-26(35)37-14-22)13-29(7)18(3)11-25(41-21(6)34)31-16-39-30(31,15-38-19(4)32)10-9-23(27(29)31)40-20(5)33/h12,17-18,23-25,27H,8-11,13-16H2,1-7H3/t17?,18-,23?,24?,25?,27-,29+,30-,31-/m0/s1. The molecule has 0 aromatic rings. The van der Waals surface area contributed by atoms with E-state index in [9.17, 15) is 24.0 Å². The van der Waals surface area contributed by atoms with Crippen molar-refractivity contribution in [1.29, 1.82) is 0 Å². The zero-order chi connectivity index (χ0) is 31.0. The third-order valence-electron chi connectivity index (χ3n) is 10.3. The van der Waals surface area contributed by atoms with E-state index in [0.29, 0.717) is 37.7 Å². The van der Waals surface area contributed by atoms with Gasteiger partial charge in [-0.25, -0.2) is 4.79 Å². The number of carbonyl (C=O) groups excluding carboxylic acids is 5. The molecule has 9 atom stereocenters. The van der Waals surface area contributed by atoms with Gasteiger partial charge in [0.1, 0.15) is 37.1 Å². The van der Waals surface area contributed by atoms with Crippen molar-refractivity contribution in [3.05, 3.63) is 11.6 Å². The van der Waals surface area contributed by atoms with Gasteiger partial charge < -0.3 is 28.4 Å². The smallest absolute Gasteiger partial charge is 0.331 e. The fourth-order valence-electron chi connectivity index (χ4n) is 7.84. The van der Waals surface area contributed by atoms with Crippen molar-refractivity contribution in [1.82, 2.24) is 0 Å². The summed E-state index contributed by atoms with van der Waals surface area (Å²) in [6, 6.07) is 0. The first-order valence-corrected chi connectivity index (χ1v) is 14.9. The van der Waals surface area contributed by atoms with Crippen molar-refractivity contribution in [3.8, 4) is 0 Å². The summed E-state index contributed by atoms with van der Waals surface area (Å²) in [5, 5.41) is 0. The summed E-state index contributed by atoms with van der Waals surface area (Å²) in [5.41, 5.74) is -1.92. The Morgan fingerprint density at radius 2 is 1.79 bits per heavy atom. The minimum absolute atomic E-state index is 0.0144. The molecule has 0 aromatic heterocycles. The van der Waals surface area contributed by atoms with Crippen LogP contribution in [0.5, 0.6) is 0 Å². The second-order valence-corrected chi connectivity index (χ2v) is 12.8. The van der Waals surface area contributed by atoms with Crippen LogP contribution in [0.2, 0.25) is 0 Å². The molecule has 2 aliphatic carbocycles. The highest BCUT2D eigenvalue weighted by Crippen LogP contribution is 2.70. The minimum atomic E-state index is -0.962. The van der Waals surface area contributed by atoms with Crippen LogP contribution < -0.4 is 0 Å². The predicted octanol–water partition coefficient (Wildman–Crippen LogP) is 3.46. The van der Waals surface area contributed by atoms with Crippen LogP contribution in [0.1, 0.15) is 80.6 Å². The molecule has 42 heavy (non-hydrogen) atoms. The van der Waals surface area contributed by atoms with Crippen LogP contribution in [0.15, 0.2) is 11.6 Å². The van der Waals surface area contributed by atoms with Gasteiger partial charge in [-0.2, -0.15) is 0 Å². The molecule has 4 unspecified atom stereocenters. The van der Waals surface area contributed by atoms with E-state index in [1.165, 1.54) is 26.8 Å². The van der Waals surface area contributed by atoms with E-state index in [4.69, 9.17) is 28.4 Å². The third-order valence-corrected chi connectivity index (χ3v) is 10.3. The summed E-state index contributed by atoms with van der Waals surface area (Å²) in [7, 11) is 0. The minimum Gasteiger partial charge on any atom is -0.463 e. The third kappa shape index (κ3) is 5.56. The van der Waals surface area contributed by atoms with E-state index in [2.05, 4.69) is 6.92 Å². The first-order valence-electron chi connectivity index (χ1n) is 14.9. The summed E-state index contributed by atoms with van der Waals surface area (Å²) in [6.07, 6.45) is 1.67. The van der Waals surface area contributed by atoms with Gasteiger partial charge in [-0.05, 0) is 43.4 Å². The first-order chi connectivity index (χ1) is 19.7. The zero-order valence-corrected chi connectivity index (χ0v) is 25.7. The molecule has 2 heterocycles. The van der Waals surface area contributed by atoms with Crippen LogP contribution in [0.4, 0.5) is 0 Å². The fraction of sp³-hybridized carbons (Fsp3) is 0.774. The van der Waals surface area contributed by atoms with E-state index in [-0.39, 0.29) is 37.6 Å². The lowest BCUT2D eigenvalue weighted by atomic mass is 9.39. The van der Waals surface area contributed by atoms with Gasteiger partial charge in [0.05, 0.1) is 17.9 Å². The first kappa shape index (κ1) is 32.0.